The second-order valence-electron chi connectivity index (χ2n) is 5.93. The molecule has 1 aromatic heterocycles. The van der Waals surface area contributed by atoms with Crippen LogP contribution in [0.2, 0.25) is 10.0 Å². The molecule has 3 aromatic rings. The van der Waals surface area contributed by atoms with Gasteiger partial charge in [-0.25, -0.2) is 4.98 Å². The molecule has 0 radical (unpaired) electrons. The first-order valence-electron chi connectivity index (χ1n) is 8.37. The van der Waals surface area contributed by atoms with Gasteiger partial charge in [0.15, 0.2) is 0 Å². The number of hydrogen-bond acceptors (Lipinski definition) is 2. The molecule has 26 heavy (non-hydrogen) atoms. The first-order chi connectivity index (χ1) is 12.6. The highest BCUT2D eigenvalue weighted by molar-refractivity contribution is 6.36. The number of imidazole rings is 1. The lowest BCUT2D eigenvalue weighted by molar-refractivity contribution is -0.120. The van der Waals surface area contributed by atoms with Gasteiger partial charge in [0.25, 0.3) is 0 Å². The molecule has 134 valence electrons. The Morgan fingerprint density at radius 2 is 1.77 bits per heavy atom. The van der Waals surface area contributed by atoms with E-state index in [0.717, 1.165) is 12.4 Å². The summed E-state index contributed by atoms with van der Waals surface area (Å²) in [4.78, 5) is 16.6. The predicted molar refractivity (Wildman–Crippen MR) is 105 cm³/mol. The van der Waals surface area contributed by atoms with E-state index in [1.165, 1.54) is 5.56 Å². The fraction of sp³-hybridized carbons (Fsp3) is 0.200. The van der Waals surface area contributed by atoms with Gasteiger partial charge in [-0.3, -0.25) is 4.79 Å². The molecule has 0 bridgehead atoms. The topological polar surface area (TPSA) is 46.9 Å². The maximum Gasteiger partial charge on any atom is 0.224 e. The minimum atomic E-state index is -0.110. The third-order valence-corrected chi connectivity index (χ3v) is 4.78. The van der Waals surface area contributed by atoms with Crippen molar-refractivity contribution in [1.82, 2.24) is 14.9 Å². The van der Waals surface area contributed by atoms with Gasteiger partial charge in [0, 0.05) is 41.9 Å². The Morgan fingerprint density at radius 3 is 2.50 bits per heavy atom. The zero-order chi connectivity index (χ0) is 18.4. The van der Waals surface area contributed by atoms with Crippen molar-refractivity contribution in [2.45, 2.75) is 19.4 Å². The average molecular weight is 388 g/mol. The molecule has 0 aliphatic rings. The molecule has 3 rings (SSSR count). The molecule has 1 N–H and O–H groups in total. The molecule has 0 atom stereocenters. The molecule has 4 nitrogen and oxygen atoms in total. The summed E-state index contributed by atoms with van der Waals surface area (Å²) < 4.78 is 2.09. The summed E-state index contributed by atoms with van der Waals surface area (Å²) in [6, 6.07) is 15.4. The molecule has 0 saturated carbocycles. The maximum absolute atomic E-state index is 12.2. The summed E-state index contributed by atoms with van der Waals surface area (Å²) >= 11 is 12.2. The van der Waals surface area contributed by atoms with Gasteiger partial charge in [0.1, 0.15) is 5.82 Å². The zero-order valence-electron chi connectivity index (χ0n) is 14.2. The van der Waals surface area contributed by atoms with Gasteiger partial charge >= 0.3 is 0 Å². The van der Waals surface area contributed by atoms with E-state index in [9.17, 15) is 4.79 Å². The van der Waals surface area contributed by atoms with E-state index < -0.39 is 0 Å². The van der Waals surface area contributed by atoms with Crippen molar-refractivity contribution in [2.24, 2.45) is 0 Å². The molecule has 0 saturated heterocycles. The largest absolute Gasteiger partial charge is 0.355 e. The highest BCUT2D eigenvalue weighted by Gasteiger charge is 2.11. The van der Waals surface area contributed by atoms with Crippen LogP contribution in [0.15, 0.2) is 60.9 Å². The van der Waals surface area contributed by atoms with E-state index in [2.05, 4.69) is 27.0 Å². The quantitative estimate of drug-likeness (QED) is 0.661. The third kappa shape index (κ3) is 4.87. The van der Waals surface area contributed by atoms with Crippen molar-refractivity contribution < 1.29 is 4.79 Å². The molecular formula is C20H19Cl2N3O. The van der Waals surface area contributed by atoms with Gasteiger partial charge in [0.05, 0.1) is 6.42 Å². The third-order valence-electron chi connectivity index (χ3n) is 4.07. The van der Waals surface area contributed by atoms with E-state index in [4.69, 9.17) is 23.2 Å². The molecule has 0 aliphatic heterocycles. The zero-order valence-corrected chi connectivity index (χ0v) is 15.7. The number of amides is 1. The normalized spacial score (nSPS) is 10.7. The Hall–Kier alpha value is -2.30. The number of benzene rings is 2. The molecule has 0 spiro atoms. The second kappa shape index (κ2) is 8.88. The summed E-state index contributed by atoms with van der Waals surface area (Å²) in [6.07, 6.45) is 4.55. The fourth-order valence-electron chi connectivity index (χ4n) is 2.73. The van der Waals surface area contributed by atoms with Crippen LogP contribution in [0, 0.1) is 0 Å². The number of hydrogen-bond donors (Lipinski definition) is 1. The lowest BCUT2D eigenvalue weighted by atomic mass is 10.1. The Morgan fingerprint density at radius 1 is 1.04 bits per heavy atom. The van der Waals surface area contributed by atoms with Crippen LogP contribution in [0.25, 0.3) is 0 Å². The first-order valence-corrected chi connectivity index (χ1v) is 9.12. The molecule has 1 amide bonds. The summed E-state index contributed by atoms with van der Waals surface area (Å²) in [6.45, 7) is 1.27. The second-order valence-corrected chi connectivity index (χ2v) is 6.75. The lowest BCUT2D eigenvalue weighted by Crippen LogP contribution is -2.28. The molecular weight excluding hydrogens is 369 g/mol. The first kappa shape index (κ1) is 18.5. The summed E-state index contributed by atoms with van der Waals surface area (Å²) in [5, 5.41) is 3.92. The monoisotopic (exact) mass is 387 g/mol. The van der Waals surface area contributed by atoms with Crippen LogP contribution in [0.3, 0.4) is 0 Å². The lowest BCUT2D eigenvalue weighted by Gasteiger charge is -2.10. The molecule has 0 unspecified atom stereocenters. The van der Waals surface area contributed by atoms with Crippen LogP contribution in [0.5, 0.6) is 0 Å². The Balaban J connectivity index is 1.52. The predicted octanol–water partition coefficient (Wildman–Crippen LogP) is 4.14. The molecule has 1 heterocycles. The van der Waals surface area contributed by atoms with Crippen molar-refractivity contribution in [1.29, 1.82) is 0 Å². The number of carbonyl (C=O) groups is 1. The highest BCUT2D eigenvalue weighted by atomic mass is 35.5. The summed E-state index contributed by atoms with van der Waals surface area (Å²) in [5.41, 5.74) is 1.86. The SMILES string of the molecule is O=C(Cc1c(Cl)cccc1Cl)NCCc1nccn1Cc1ccccc1. The number of nitrogens with zero attached hydrogens (tertiary/aromatic N) is 2. The van der Waals surface area contributed by atoms with E-state index in [-0.39, 0.29) is 12.3 Å². The highest BCUT2D eigenvalue weighted by Crippen LogP contribution is 2.24. The van der Waals surface area contributed by atoms with E-state index in [1.54, 1.807) is 24.4 Å². The van der Waals surface area contributed by atoms with Gasteiger partial charge < -0.3 is 9.88 Å². The van der Waals surface area contributed by atoms with Crippen LogP contribution in [-0.2, 0) is 24.2 Å². The van der Waals surface area contributed by atoms with Crippen molar-refractivity contribution in [3.05, 3.63) is 87.9 Å². The van der Waals surface area contributed by atoms with Crippen LogP contribution in [0.1, 0.15) is 17.0 Å². The minimum absolute atomic E-state index is 0.110. The standard InChI is InChI=1S/C20H19Cl2N3O/c21-17-7-4-8-18(22)16(17)13-20(26)24-10-9-19-23-11-12-25(19)14-15-5-2-1-3-6-15/h1-8,11-12H,9-10,13-14H2,(H,24,26). The average Bonchev–Trinajstić information content (AvgIpc) is 3.06. The molecule has 6 heteroatoms. The van der Waals surface area contributed by atoms with Crippen molar-refractivity contribution >= 4 is 29.1 Å². The smallest absolute Gasteiger partial charge is 0.224 e. The summed E-state index contributed by atoms with van der Waals surface area (Å²) in [5.74, 6) is 0.825. The van der Waals surface area contributed by atoms with Crippen molar-refractivity contribution in [3.63, 3.8) is 0 Å². The van der Waals surface area contributed by atoms with E-state index >= 15 is 0 Å². The Labute approximate surface area is 162 Å². The Bertz CT molecular complexity index is 858. The number of halogens is 2. The number of nitrogens with one attached hydrogen (secondary N) is 1. The van der Waals surface area contributed by atoms with Gasteiger partial charge in [-0.1, -0.05) is 59.6 Å². The number of carbonyl (C=O) groups excluding carboxylic acids is 1. The van der Waals surface area contributed by atoms with Crippen LogP contribution >= 0.6 is 23.2 Å². The van der Waals surface area contributed by atoms with Gasteiger partial charge in [-0.05, 0) is 23.3 Å². The fourth-order valence-corrected chi connectivity index (χ4v) is 3.26. The van der Waals surface area contributed by atoms with E-state index in [1.807, 2.05) is 24.4 Å². The van der Waals surface area contributed by atoms with Gasteiger partial charge in [-0.15, -0.1) is 0 Å². The molecule has 0 aliphatic carbocycles. The Kier molecular flexibility index (Phi) is 6.31. The number of rotatable bonds is 7. The van der Waals surface area contributed by atoms with Gasteiger partial charge in [-0.2, -0.15) is 0 Å². The summed E-state index contributed by atoms with van der Waals surface area (Å²) in [7, 11) is 0. The number of aromatic nitrogens is 2. The molecule has 2 aromatic carbocycles. The van der Waals surface area contributed by atoms with Crippen LogP contribution in [0.4, 0.5) is 0 Å². The molecule has 0 fully saturated rings. The van der Waals surface area contributed by atoms with Crippen LogP contribution in [-0.4, -0.2) is 22.0 Å². The van der Waals surface area contributed by atoms with Crippen LogP contribution < -0.4 is 5.32 Å². The van der Waals surface area contributed by atoms with E-state index in [0.29, 0.717) is 28.6 Å². The van der Waals surface area contributed by atoms with Gasteiger partial charge in [0.2, 0.25) is 5.91 Å². The van der Waals surface area contributed by atoms with Crippen molar-refractivity contribution in [2.75, 3.05) is 6.54 Å². The minimum Gasteiger partial charge on any atom is -0.355 e. The van der Waals surface area contributed by atoms with Crippen molar-refractivity contribution in [3.8, 4) is 0 Å². The maximum atomic E-state index is 12.2.